The van der Waals surface area contributed by atoms with Crippen LogP contribution >= 0.6 is 11.3 Å². The maximum atomic E-state index is 13.8. The van der Waals surface area contributed by atoms with Crippen LogP contribution in [0.5, 0.6) is 5.75 Å². The van der Waals surface area contributed by atoms with Crippen LogP contribution in [0.4, 0.5) is 5.82 Å². The molecule has 2 saturated heterocycles. The molecule has 1 atom stereocenters. The van der Waals surface area contributed by atoms with Crippen molar-refractivity contribution in [1.29, 1.82) is 0 Å². The summed E-state index contributed by atoms with van der Waals surface area (Å²) in [6, 6.07) is 14.6. The number of rotatable bonds is 11. The monoisotopic (exact) mass is 806 g/mol. The van der Waals surface area contributed by atoms with E-state index in [2.05, 4.69) is 57.0 Å². The van der Waals surface area contributed by atoms with Crippen LogP contribution in [0.2, 0.25) is 0 Å². The largest absolute Gasteiger partial charge is 0.496 e. The van der Waals surface area contributed by atoms with Gasteiger partial charge >= 0.3 is 5.97 Å². The molecule has 2 N–H and O–H groups in total. The van der Waals surface area contributed by atoms with E-state index in [1.54, 1.807) is 18.4 Å². The molecule has 1 spiro atoms. The lowest BCUT2D eigenvalue weighted by Crippen LogP contribution is -2.51. The van der Waals surface area contributed by atoms with Crippen molar-refractivity contribution in [2.75, 3.05) is 58.2 Å². The van der Waals surface area contributed by atoms with Gasteiger partial charge in [-0.15, -0.1) is 11.3 Å². The highest BCUT2D eigenvalue weighted by Crippen LogP contribution is 2.46. The van der Waals surface area contributed by atoms with Crippen LogP contribution < -0.4 is 15.4 Å². The molecule has 1 amide bonds. The third-order valence-electron chi connectivity index (χ3n) is 13.9. The highest BCUT2D eigenvalue weighted by Gasteiger charge is 2.37. The molecule has 11 heteroatoms. The van der Waals surface area contributed by atoms with E-state index < -0.39 is 0 Å². The summed E-state index contributed by atoms with van der Waals surface area (Å²) >= 11 is 1.70. The number of nitrogens with one attached hydrogen (secondary N) is 2. The molecule has 4 fully saturated rings. The Kier molecular flexibility index (Phi) is 12.7. The Morgan fingerprint density at radius 2 is 1.71 bits per heavy atom. The van der Waals surface area contributed by atoms with Crippen molar-refractivity contribution in [3.63, 3.8) is 0 Å². The molecule has 2 saturated carbocycles. The molecule has 0 unspecified atom stereocenters. The fourth-order valence-electron chi connectivity index (χ4n) is 10.4. The number of hydrogen-bond acceptors (Lipinski definition) is 10. The van der Waals surface area contributed by atoms with Crippen molar-refractivity contribution in [2.24, 2.45) is 17.3 Å². The van der Waals surface area contributed by atoms with E-state index in [1.807, 2.05) is 25.1 Å². The molecular formula is C47H62N6O4S. The van der Waals surface area contributed by atoms with Gasteiger partial charge in [0, 0.05) is 61.9 Å². The van der Waals surface area contributed by atoms with Crippen molar-refractivity contribution >= 4 is 39.9 Å². The predicted octanol–water partition coefficient (Wildman–Crippen LogP) is 8.89. The standard InChI is InChI=1S/C47H62N6O4S/c1-31(44-25-38(30-58-44)39-8-6-5-7-37(39)29-57-33(3)54)49-45-41-26-40(43(56-4)27-42(41)50-32(2)51-45)35-9-11-36(12-10-35)46(55)53-23-21-52(22-24-53)28-34-13-15-47(16-14-34)17-19-48-20-18-47/h5-8,25-27,30-31,34-36,48H,9-24,28-29H2,1-4H3,(H,49,50,51)/t31-,35?,36?/m1/s1. The summed E-state index contributed by atoms with van der Waals surface area (Å²) in [5.41, 5.74) is 5.80. The van der Waals surface area contributed by atoms with Gasteiger partial charge in [-0.3, -0.25) is 14.5 Å². The van der Waals surface area contributed by atoms with Gasteiger partial charge < -0.3 is 25.0 Å². The summed E-state index contributed by atoms with van der Waals surface area (Å²) in [7, 11) is 1.74. The topological polar surface area (TPSA) is 109 Å². The van der Waals surface area contributed by atoms with Gasteiger partial charge in [0.15, 0.2) is 0 Å². The second-order valence-corrected chi connectivity index (χ2v) is 18.6. The van der Waals surface area contributed by atoms with E-state index in [0.717, 1.165) is 96.9 Å². The van der Waals surface area contributed by atoms with Crippen LogP contribution in [-0.4, -0.2) is 84.6 Å². The molecule has 8 rings (SSSR count). The number of aryl methyl sites for hydroxylation is 1. The number of carbonyl (C=O) groups excluding carboxylic acids is 2. The minimum Gasteiger partial charge on any atom is -0.496 e. The summed E-state index contributed by atoms with van der Waals surface area (Å²) in [5.74, 6) is 3.66. The van der Waals surface area contributed by atoms with Gasteiger partial charge in [0.05, 0.1) is 18.7 Å². The number of methoxy groups -OCH3 is 1. The number of piperidine rings is 1. The summed E-state index contributed by atoms with van der Waals surface area (Å²) < 4.78 is 11.3. The van der Waals surface area contributed by atoms with Crippen LogP contribution in [0.1, 0.15) is 112 Å². The molecule has 2 aromatic heterocycles. The first-order valence-electron chi connectivity index (χ1n) is 21.8. The molecule has 0 radical (unpaired) electrons. The van der Waals surface area contributed by atoms with Gasteiger partial charge in [-0.1, -0.05) is 24.3 Å². The third kappa shape index (κ3) is 9.21. The van der Waals surface area contributed by atoms with Gasteiger partial charge in [0.25, 0.3) is 0 Å². The van der Waals surface area contributed by atoms with Crippen molar-refractivity contribution < 1.29 is 19.1 Å². The van der Waals surface area contributed by atoms with Crippen LogP contribution in [-0.2, 0) is 20.9 Å². The smallest absolute Gasteiger partial charge is 0.302 e. The molecule has 2 aliphatic carbocycles. The number of amides is 1. The molecular weight excluding hydrogens is 745 g/mol. The fourth-order valence-corrected chi connectivity index (χ4v) is 11.3. The zero-order chi connectivity index (χ0) is 40.2. The average Bonchev–Trinajstić information content (AvgIpc) is 3.75. The van der Waals surface area contributed by atoms with Crippen LogP contribution in [0, 0.1) is 24.2 Å². The zero-order valence-electron chi connectivity index (χ0n) is 35.0. The Balaban J connectivity index is 0.882. The molecule has 2 aromatic carbocycles. The molecule has 0 bridgehead atoms. The lowest BCUT2D eigenvalue weighted by molar-refractivity contribution is -0.142. The van der Waals surface area contributed by atoms with Crippen LogP contribution in [0.25, 0.3) is 22.0 Å². The first kappa shape index (κ1) is 40.7. The molecule has 310 valence electrons. The average molecular weight is 807 g/mol. The number of aromatic nitrogens is 2. The predicted molar refractivity (Wildman–Crippen MR) is 232 cm³/mol. The molecule has 4 aliphatic rings. The number of hydrogen-bond donors (Lipinski definition) is 2. The number of piperazine rings is 1. The fraction of sp³-hybridized carbons (Fsp3) is 0.574. The Labute approximate surface area is 348 Å². The third-order valence-corrected chi connectivity index (χ3v) is 15.0. The maximum Gasteiger partial charge on any atom is 0.302 e. The van der Waals surface area contributed by atoms with Gasteiger partial charge in [-0.25, -0.2) is 9.97 Å². The number of ether oxygens (including phenoxy) is 2. The summed E-state index contributed by atoms with van der Waals surface area (Å²) in [4.78, 5) is 41.1. The van der Waals surface area contributed by atoms with Gasteiger partial charge in [0.2, 0.25) is 5.91 Å². The molecule has 58 heavy (non-hydrogen) atoms. The number of nitrogens with zero attached hydrogens (tertiary/aromatic N) is 4. The van der Waals surface area contributed by atoms with Crippen molar-refractivity contribution in [1.82, 2.24) is 25.1 Å². The van der Waals surface area contributed by atoms with E-state index in [-0.39, 0.29) is 24.5 Å². The number of carbonyl (C=O) groups is 2. The Morgan fingerprint density at radius 1 is 0.966 bits per heavy atom. The maximum absolute atomic E-state index is 13.8. The number of esters is 1. The molecule has 4 aromatic rings. The number of benzene rings is 2. The lowest BCUT2D eigenvalue weighted by atomic mass is 9.65. The number of fused-ring (bicyclic) bond motifs is 1. The van der Waals surface area contributed by atoms with Gasteiger partial charge in [-0.05, 0) is 148 Å². The highest BCUT2D eigenvalue weighted by molar-refractivity contribution is 7.10. The molecule has 4 heterocycles. The molecule has 10 nitrogen and oxygen atoms in total. The van der Waals surface area contributed by atoms with E-state index in [0.29, 0.717) is 23.1 Å². The first-order valence-corrected chi connectivity index (χ1v) is 22.7. The van der Waals surface area contributed by atoms with E-state index >= 15 is 0 Å². The van der Waals surface area contributed by atoms with E-state index in [4.69, 9.17) is 19.4 Å². The molecule has 2 aliphatic heterocycles. The highest BCUT2D eigenvalue weighted by atomic mass is 32.1. The number of thiophene rings is 1. The van der Waals surface area contributed by atoms with E-state index in [9.17, 15) is 9.59 Å². The summed E-state index contributed by atoms with van der Waals surface area (Å²) in [6.45, 7) is 13.1. The minimum atomic E-state index is -0.288. The van der Waals surface area contributed by atoms with E-state index in [1.165, 1.54) is 75.5 Å². The number of anilines is 1. The second kappa shape index (κ2) is 18.1. The van der Waals surface area contributed by atoms with Crippen molar-refractivity contribution in [3.8, 4) is 16.9 Å². The normalized spacial score (nSPS) is 22.2. The van der Waals surface area contributed by atoms with Crippen molar-refractivity contribution in [3.05, 3.63) is 69.7 Å². The Morgan fingerprint density at radius 3 is 2.43 bits per heavy atom. The van der Waals surface area contributed by atoms with Gasteiger partial charge in [-0.2, -0.15) is 0 Å². The van der Waals surface area contributed by atoms with Gasteiger partial charge in [0.1, 0.15) is 24.0 Å². The van der Waals surface area contributed by atoms with Crippen LogP contribution in [0.3, 0.4) is 0 Å². The second-order valence-electron chi connectivity index (χ2n) is 17.6. The van der Waals surface area contributed by atoms with Crippen LogP contribution in [0.15, 0.2) is 47.8 Å². The first-order chi connectivity index (χ1) is 28.2. The quantitative estimate of drug-likeness (QED) is 0.144. The minimum absolute atomic E-state index is 0.00950. The Hall–Kier alpha value is -4.06. The lowest BCUT2D eigenvalue weighted by Gasteiger charge is -2.45. The zero-order valence-corrected chi connectivity index (χ0v) is 35.8. The SMILES string of the molecule is COc1cc2nc(C)nc(N[C@H](C)c3cc(-c4ccccc4COC(C)=O)cs3)c2cc1C1CCC(C(=O)N2CCN(CC3CCC4(CCNCC4)CC3)CC2)CC1. The Bertz CT molecular complexity index is 2050. The van der Waals surface area contributed by atoms with Crippen molar-refractivity contribution in [2.45, 2.75) is 104 Å². The summed E-state index contributed by atoms with van der Waals surface area (Å²) in [5, 5.41) is 10.4. The summed E-state index contributed by atoms with van der Waals surface area (Å²) in [6.07, 6.45) is 12.0.